The summed E-state index contributed by atoms with van der Waals surface area (Å²) in [4.78, 5) is 8.31. The van der Waals surface area contributed by atoms with Gasteiger partial charge in [0.15, 0.2) is 0 Å². The van der Waals surface area contributed by atoms with Crippen LogP contribution in [0.25, 0.3) is 5.69 Å². The molecule has 3 nitrogen and oxygen atoms in total. The van der Waals surface area contributed by atoms with Crippen molar-refractivity contribution in [2.75, 3.05) is 0 Å². The largest absolute Gasteiger partial charge is 0.301 e. The van der Waals surface area contributed by atoms with Crippen LogP contribution in [0.3, 0.4) is 0 Å². The predicted molar refractivity (Wildman–Crippen MR) is 55.5 cm³/mol. The van der Waals surface area contributed by atoms with Crippen molar-refractivity contribution in [1.82, 2.24) is 14.5 Å². The molecule has 72 valence electrons. The van der Waals surface area contributed by atoms with Crippen molar-refractivity contribution in [3.8, 4) is 5.69 Å². The highest BCUT2D eigenvalue weighted by atomic mass is 15.1. The van der Waals surface area contributed by atoms with E-state index < -0.39 is 0 Å². The van der Waals surface area contributed by atoms with Crippen LogP contribution in [0.15, 0.2) is 30.7 Å². The maximum atomic E-state index is 4.31. The molecule has 0 atom stereocenters. The van der Waals surface area contributed by atoms with Crippen molar-refractivity contribution in [3.05, 3.63) is 42.2 Å². The number of aryl methyl sites for hydroxylation is 2. The van der Waals surface area contributed by atoms with E-state index in [9.17, 15) is 0 Å². The van der Waals surface area contributed by atoms with E-state index in [2.05, 4.69) is 21.5 Å². The van der Waals surface area contributed by atoms with Crippen molar-refractivity contribution in [1.29, 1.82) is 0 Å². The lowest BCUT2D eigenvalue weighted by Gasteiger charge is -2.07. The quantitative estimate of drug-likeness (QED) is 0.721. The fourth-order valence-electron chi connectivity index (χ4n) is 1.59. The zero-order valence-corrected chi connectivity index (χ0v) is 8.44. The molecule has 0 unspecified atom stereocenters. The van der Waals surface area contributed by atoms with Crippen molar-refractivity contribution in [2.45, 2.75) is 20.3 Å². The van der Waals surface area contributed by atoms with Gasteiger partial charge >= 0.3 is 0 Å². The van der Waals surface area contributed by atoms with Crippen LogP contribution in [-0.4, -0.2) is 14.5 Å². The first kappa shape index (κ1) is 8.94. The molecule has 2 heterocycles. The molecule has 0 aromatic carbocycles. The number of hydrogen-bond donors (Lipinski definition) is 0. The van der Waals surface area contributed by atoms with Gasteiger partial charge in [-0.05, 0) is 25.5 Å². The fourth-order valence-corrected chi connectivity index (χ4v) is 1.59. The second-order valence-electron chi connectivity index (χ2n) is 3.19. The summed E-state index contributed by atoms with van der Waals surface area (Å²) in [5, 5.41) is 0. The normalized spacial score (nSPS) is 10.4. The first-order valence-electron chi connectivity index (χ1n) is 4.76. The van der Waals surface area contributed by atoms with Crippen molar-refractivity contribution >= 4 is 0 Å². The van der Waals surface area contributed by atoms with Gasteiger partial charge in [-0.1, -0.05) is 6.92 Å². The third-order valence-electron chi connectivity index (χ3n) is 2.29. The minimum atomic E-state index is 0.989. The van der Waals surface area contributed by atoms with Crippen LogP contribution in [0.1, 0.15) is 18.4 Å². The number of pyridine rings is 1. The average molecular weight is 187 g/mol. The maximum absolute atomic E-state index is 4.31. The van der Waals surface area contributed by atoms with E-state index in [4.69, 9.17) is 0 Å². The third-order valence-corrected chi connectivity index (χ3v) is 2.29. The van der Waals surface area contributed by atoms with E-state index >= 15 is 0 Å². The Morgan fingerprint density at radius 1 is 1.29 bits per heavy atom. The molecule has 14 heavy (non-hydrogen) atoms. The van der Waals surface area contributed by atoms with Crippen molar-refractivity contribution in [2.24, 2.45) is 0 Å². The molecule has 2 aromatic rings. The highest BCUT2D eigenvalue weighted by Gasteiger charge is 2.05. The first-order valence-corrected chi connectivity index (χ1v) is 4.76. The smallest absolute Gasteiger partial charge is 0.110 e. The van der Waals surface area contributed by atoms with E-state index in [1.165, 1.54) is 5.69 Å². The molecule has 0 aliphatic rings. The van der Waals surface area contributed by atoms with E-state index in [1.54, 1.807) is 12.4 Å². The average Bonchev–Trinajstić information content (AvgIpc) is 2.61. The molecule has 0 saturated heterocycles. The van der Waals surface area contributed by atoms with Crippen LogP contribution in [0, 0.1) is 6.92 Å². The van der Waals surface area contributed by atoms with Gasteiger partial charge in [0.25, 0.3) is 0 Å². The Kier molecular flexibility index (Phi) is 2.31. The van der Waals surface area contributed by atoms with Gasteiger partial charge in [-0.3, -0.25) is 4.98 Å². The summed E-state index contributed by atoms with van der Waals surface area (Å²) in [6.45, 7) is 4.15. The number of aromatic nitrogens is 3. The Morgan fingerprint density at radius 2 is 2.00 bits per heavy atom. The van der Waals surface area contributed by atoms with Crippen LogP contribution >= 0.6 is 0 Å². The van der Waals surface area contributed by atoms with E-state index in [-0.39, 0.29) is 0 Å². The summed E-state index contributed by atoms with van der Waals surface area (Å²) in [7, 11) is 0. The maximum Gasteiger partial charge on any atom is 0.110 e. The van der Waals surface area contributed by atoms with Gasteiger partial charge in [-0.25, -0.2) is 4.98 Å². The van der Waals surface area contributed by atoms with Gasteiger partial charge in [0.2, 0.25) is 0 Å². The molecule has 0 spiro atoms. The Bertz CT molecular complexity index is 417. The molecule has 0 N–H and O–H groups in total. The molecule has 0 radical (unpaired) electrons. The Hall–Kier alpha value is -1.64. The van der Waals surface area contributed by atoms with Crippen molar-refractivity contribution < 1.29 is 0 Å². The summed E-state index contributed by atoms with van der Waals surface area (Å²) in [6, 6.07) is 3.99. The van der Waals surface area contributed by atoms with Crippen LogP contribution in [-0.2, 0) is 6.42 Å². The van der Waals surface area contributed by atoms with Gasteiger partial charge in [0.05, 0.1) is 5.69 Å². The summed E-state index contributed by atoms with van der Waals surface area (Å²) < 4.78 is 2.15. The summed E-state index contributed by atoms with van der Waals surface area (Å²) >= 11 is 0. The minimum Gasteiger partial charge on any atom is -0.301 e. The van der Waals surface area contributed by atoms with E-state index in [1.807, 2.05) is 25.3 Å². The fraction of sp³-hybridized carbons (Fsp3) is 0.273. The molecule has 3 heteroatoms. The predicted octanol–water partition coefficient (Wildman–Crippen LogP) is 2.14. The molecule has 0 bridgehead atoms. The molecular formula is C11H13N3. The van der Waals surface area contributed by atoms with Gasteiger partial charge in [-0.2, -0.15) is 0 Å². The number of nitrogens with zero attached hydrogens (tertiary/aromatic N) is 3. The van der Waals surface area contributed by atoms with Gasteiger partial charge in [0, 0.05) is 24.3 Å². The van der Waals surface area contributed by atoms with Crippen molar-refractivity contribution in [3.63, 3.8) is 0 Å². The number of rotatable bonds is 2. The molecule has 0 fully saturated rings. The Morgan fingerprint density at radius 3 is 2.64 bits per heavy atom. The lowest BCUT2D eigenvalue weighted by Crippen LogP contribution is -2.01. The lowest BCUT2D eigenvalue weighted by atomic mass is 10.3. The zero-order valence-electron chi connectivity index (χ0n) is 8.44. The SMILES string of the molecule is CCc1cnc(C)n1-c1ccncc1. The topological polar surface area (TPSA) is 30.7 Å². The van der Waals surface area contributed by atoms with Crippen LogP contribution < -0.4 is 0 Å². The molecule has 0 aliphatic heterocycles. The third kappa shape index (κ3) is 1.41. The summed E-state index contributed by atoms with van der Waals surface area (Å²) in [5.74, 6) is 1.02. The highest BCUT2D eigenvalue weighted by Crippen LogP contribution is 2.13. The first-order chi connectivity index (χ1) is 6.83. The monoisotopic (exact) mass is 187 g/mol. The Labute approximate surface area is 83.4 Å². The lowest BCUT2D eigenvalue weighted by molar-refractivity contribution is 0.892. The molecule has 2 aromatic heterocycles. The second kappa shape index (κ2) is 3.62. The molecule has 2 rings (SSSR count). The molecule has 0 aliphatic carbocycles. The summed E-state index contributed by atoms with van der Waals surface area (Å²) in [5.41, 5.74) is 2.36. The second-order valence-corrected chi connectivity index (χ2v) is 3.19. The molecule has 0 saturated carbocycles. The number of hydrogen-bond acceptors (Lipinski definition) is 2. The number of imidazole rings is 1. The van der Waals surface area contributed by atoms with Gasteiger partial charge in [0.1, 0.15) is 5.82 Å². The zero-order chi connectivity index (χ0) is 9.97. The Balaban J connectivity index is 2.55. The highest BCUT2D eigenvalue weighted by molar-refractivity contribution is 5.33. The molecule has 0 amide bonds. The van der Waals surface area contributed by atoms with Crippen LogP contribution in [0.4, 0.5) is 0 Å². The van der Waals surface area contributed by atoms with Gasteiger partial charge < -0.3 is 4.57 Å². The van der Waals surface area contributed by atoms with E-state index in [0.717, 1.165) is 17.9 Å². The van der Waals surface area contributed by atoms with Crippen LogP contribution in [0.5, 0.6) is 0 Å². The standard InChI is InChI=1S/C11H13N3/c1-3-10-8-13-9(2)14(10)11-4-6-12-7-5-11/h4-8H,3H2,1-2H3. The summed E-state index contributed by atoms with van der Waals surface area (Å²) in [6.07, 6.45) is 6.52. The van der Waals surface area contributed by atoms with Crippen LogP contribution in [0.2, 0.25) is 0 Å². The van der Waals surface area contributed by atoms with E-state index in [0.29, 0.717) is 0 Å². The van der Waals surface area contributed by atoms with Gasteiger partial charge in [-0.15, -0.1) is 0 Å². The minimum absolute atomic E-state index is 0.989. The molecular weight excluding hydrogens is 174 g/mol.